The summed E-state index contributed by atoms with van der Waals surface area (Å²) in [5, 5.41) is 28.9. The first-order valence-electron chi connectivity index (χ1n) is 13.7. The Morgan fingerprint density at radius 1 is 1.02 bits per heavy atom. The molecule has 1 fully saturated rings. The zero-order chi connectivity index (χ0) is 29.2. The molecule has 3 heterocycles. The van der Waals surface area contributed by atoms with Crippen molar-refractivity contribution < 1.29 is 29.0 Å². The van der Waals surface area contributed by atoms with Crippen LogP contribution in [0.15, 0.2) is 71.7 Å². The summed E-state index contributed by atoms with van der Waals surface area (Å²) in [6.45, 7) is 0. The molecule has 1 aliphatic carbocycles. The zero-order valence-electron chi connectivity index (χ0n) is 22.5. The van der Waals surface area contributed by atoms with Crippen LogP contribution in [-0.4, -0.2) is 58.6 Å². The molecule has 3 N–H and O–H groups in total. The van der Waals surface area contributed by atoms with E-state index in [0.29, 0.717) is 28.4 Å². The van der Waals surface area contributed by atoms with Crippen molar-refractivity contribution in [2.45, 2.75) is 50.6 Å². The van der Waals surface area contributed by atoms with Crippen molar-refractivity contribution in [1.82, 2.24) is 29.9 Å². The summed E-state index contributed by atoms with van der Waals surface area (Å²) >= 11 is 0. The first-order valence-corrected chi connectivity index (χ1v) is 13.7. The number of imidazole rings is 1. The molecule has 3 aromatic heterocycles. The molecule has 0 saturated heterocycles. The van der Waals surface area contributed by atoms with E-state index >= 15 is 0 Å². The van der Waals surface area contributed by atoms with E-state index in [-0.39, 0.29) is 12.1 Å². The van der Waals surface area contributed by atoms with E-state index in [9.17, 15) is 19.5 Å². The zero-order valence-corrected chi connectivity index (χ0v) is 22.5. The third-order valence-corrected chi connectivity index (χ3v) is 7.63. The fraction of sp³-hybridized carbons (Fsp3) is 0.267. The van der Waals surface area contributed by atoms with Gasteiger partial charge in [-0.15, -0.1) is 5.10 Å². The highest BCUT2D eigenvalue weighted by atomic mass is 16.4. The summed E-state index contributed by atoms with van der Waals surface area (Å²) in [6.07, 6.45) is 10.2. The minimum Gasteiger partial charge on any atom is -0.480 e. The molecule has 42 heavy (non-hydrogen) atoms. The topological polar surface area (TPSA) is 165 Å². The van der Waals surface area contributed by atoms with Gasteiger partial charge in [0.05, 0.1) is 34.7 Å². The summed E-state index contributed by atoms with van der Waals surface area (Å²) < 4.78 is 8.88. The Labute approximate surface area is 239 Å². The predicted octanol–water partition coefficient (Wildman–Crippen LogP) is 4.51. The van der Waals surface area contributed by atoms with E-state index in [1.165, 1.54) is 17.3 Å². The Morgan fingerprint density at radius 2 is 1.81 bits per heavy atom. The van der Waals surface area contributed by atoms with Crippen molar-refractivity contribution in [2.24, 2.45) is 0 Å². The van der Waals surface area contributed by atoms with Crippen LogP contribution in [0.5, 0.6) is 0 Å². The molecule has 0 spiro atoms. The summed E-state index contributed by atoms with van der Waals surface area (Å²) in [5.41, 5.74) is 3.80. The standard InChI is InChI=1S/C30H28N6O6/c37-28(32-24(29(38)39)14-18-6-9-21(10-7-18)35-16-25(30(40)41)33-34-35)19-8-11-26-23(15-19)31-27(20-12-13-42-17-20)36(26)22-4-2-1-3-5-22/h6-13,15-17,22,24H,1-5,14H2,(H,32,37)(H,38,39)(H,40,41)/t24-/m0/s1. The van der Waals surface area contributed by atoms with Gasteiger partial charge in [0.1, 0.15) is 18.1 Å². The first kappa shape index (κ1) is 26.9. The highest BCUT2D eigenvalue weighted by Crippen LogP contribution is 2.36. The van der Waals surface area contributed by atoms with Gasteiger partial charge >= 0.3 is 11.9 Å². The lowest BCUT2D eigenvalue weighted by Crippen LogP contribution is -2.42. The molecule has 0 aliphatic heterocycles. The number of furan rings is 1. The highest BCUT2D eigenvalue weighted by molar-refractivity contribution is 5.99. The van der Waals surface area contributed by atoms with Gasteiger partial charge in [-0.3, -0.25) is 4.79 Å². The Morgan fingerprint density at radius 3 is 2.48 bits per heavy atom. The molecule has 1 saturated carbocycles. The molecule has 0 bridgehead atoms. The van der Waals surface area contributed by atoms with E-state index < -0.39 is 23.9 Å². The van der Waals surface area contributed by atoms with Crippen LogP contribution < -0.4 is 5.32 Å². The van der Waals surface area contributed by atoms with E-state index in [0.717, 1.165) is 42.6 Å². The maximum Gasteiger partial charge on any atom is 0.358 e. The lowest BCUT2D eigenvalue weighted by molar-refractivity contribution is -0.139. The molecule has 12 nitrogen and oxygen atoms in total. The Hall–Kier alpha value is -5.26. The van der Waals surface area contributed by atoms with Gasteiger partial charge in [0, 0.05) is 18.0 Å². The number of benzene rings is 2. The SMILES string of the molecule is O=C(N[C@@H](Cc1ccc(-n2cc(C(=O)O)nn2)cc1)C(=O)O)c1ccc2c(c1)nc(-c1ccoc1)n2C1CCCCC1. The Bertz CT molecular complexity index is 1750. The van der Waals surface area contributed by atoms with E-state index in [4.69, 9.17) is 14.5 Å². The van der Waals surface area contributed by atoms with Gasteiger partial charge in [-0.05, 0) is 54.8 Å². The van der Waals surface area contributed by atoms with Gasteiger partial charge in [0.2, 0.25) is 0 Å². The van der Waals surface area contributed by atoms with Gasteiger partial charge in [-0.25, -0.2) is 19.3 Å². The molecular formula is C30H28N6O6. The van der Waals surface area contributed by atoms with Crippen LogP contribution in [0, 0.1) is 0 Å². The number of nitrogens with one attached hydrogen (secondary N) is 1. The lowest BCUT2D eigenvalue weighted by atomic mass is 9.95. The summed E-state index contributed by atoms with van der Waals surface area (Å²) in [6, 6.07) is 13.0. The van der Waals surface area contributed by atoms with Crippen LogP contribution in [-0.2, 0) is 11.2 Å². The maximum absolute atomic E-state index is 13.2. The highest BCUT2D eigenvalue weighted by Gasteiger charge is 2.25. The third kappa shape index (κ3) is 5.38. The number of carboxylic acids is 2. The second-order valence-electron chi connectivity index (χ2n) is 10.4. The van der Waals surface area contributed by atoms with E-state index in [2.05, 4.69) is 20.2 Å². The lowest BCUT2D eigenvalue weighted by Gasteiger charge is -2.25. The monoisotopic (exact) mass is 568 g/mol. The predicted molar refractivity (Wildman–Crippen MR) is 150 cm³/mol. The molecule has 5 aromatic rings. The second-order valence-corrected chi connectivity index (χ2v) is 10.4. The molecule has 6 rings (SSSR count). The summed E-state index contributed by atoms with van der Waals surface area (Å²) in [7, 11) is 0. The van der Waals surface area contributed by atoms with Gasteiger partial charge < -0.3 is 24.5 Å². The van der Waals surface area contributed by atoms with Crippen molar-refractivity contribution in [2.75, 3.05) is 0 Å². The number of fused-ring (bicyclic) bond motifs is 1. The van der Waals surface area contributed by atoms with Crippen molar-refractivity contribution >= 4 is 28.9 Å². The molecule has 214 valence electrons. The number of carbonyl (C=O) groups is 3. The molecule has 0 unspecified atom stereocenters. The summed E-state index contributed by atoms with van der Waals surface area (Å²) in [4.78, 5) is 41.2. The fourth-order valence-corrected chi connectivity index (χ4v) is 5.49. The van der Waals surface area contributed by atoms with Gasteiger partial charge in [0.25, 0.3) is 5.91 Å². The average Bonchev–Trinajstić information content (AvgIpc) is 3.77. The van der Waals surface area contributed by atoms with Crippen LogP contribution in [0.1, 0.15) is 64.6 Å². The van der Waals surface area contributed by atoms with E-state index in [1.807, 2.05) is 12.1 Å². The normalized spacial score (nSPS) is 14.6. The van der Waals surface area contributed by atoms with Crippen LogP contribution in [0.2, 0.25) is 0 Å². The number of aliphatic carboxylic acids is 1. The molecule has 1 amide bonds. The quantitative estimate of drug-likeness (QED) is 0.232. The smallest absolute Gasteiger partial charge is 0.358 e. The number of nitrogens with zero attached hydrogens (tertiary/aromatic N) is 5. The van der Waals surface area contributed by atoms with Crippen molar-refractivity contribution in [3.05, 3.63) is 84.1 Å². The number of hydrogen-bond donors (Lipinski definition) is 3. The number of carboxylic acid groups (broad SMARTS) is 2. The average molecular weight is 569 g/mol. The second kappa shape index (κ2) is 11.3. The third-order valence-electron chi connectivity index (χ3n) is 7.63. The number of aromatic carboxylic acids is 1. The number of carbonyl (C=O) groups excluding carboxylic acids is 1. The molecule has 1 aliphatic rings. The summed E-state index contributed by atoms with van der Waals surface area (Å²) in [5.74, 6) is -2.07. The van der Waals surface area contributed by atoms with Crippen LogP contribution in [0.25, 0.3) is 28.1 Å². The number of aromatic nitrogens is 5. The van der Waals surface area contributed by atoms with Gasteiger partial charge in [0.15, 0.2) is 5.69 Å². The minimum absolute atomic E-state index is 0.0439. The number of hydrogen-bond acceptors (Lipinski definition) is 7. The largest absolute Gasteiger partial charge is 0.480 e. The van der Waals surface area contributed by atoms with E-state index in [1.54, 1.807) is 48.9 Å². The Balaban J connectivity index is 1.21. The maximum atomic E-state index is 13.2. The van der Waals surface area contributed by atoms with Gasteiger partial charge in [-0.1, -0.05) is 36.6 Å². The van der Waals surface area contributed by atoms with Crippen molar-refractivity contribution in [3.63, 3.8) is 0 Å². The van der Waals surface area contributed by atoms with Crippen LogP contribution in [0.3, 0.4) is 0 Å². The minimum atomic E-state index is -1.19. The van der Waals surface area contributed by atoms with Crippen LogP contribution >= 0.6 is 0 Å². The molecule has 1 atom stereocenters. The molecule has 0 radical (unpaired) electrons. The first-order chi connectivity index (χ1) is 20.4. The molecular weight excluding hydrogens is 540 g/mol. The number of rotatable bonds is 9. The molecule has 12 heteroatoms. The van der Waals surface area contributed by atoms with Crippen LogP contribution in [0.4, 0.5) is 0 Å². The van der Waals surface area contributed by atoms with Crippen molar-refractivity contribution in [1.29, 1.82) is 0 Å². The Kier molecular flexibility index (Phi) is 7.26. The number of amides is 1. The molecule has 2 aromatic carbocycles. The van der Waals surface area contributed by atoms with Crippen molar-refractivity contribution in [3.8, 4) is 17.1 Å². The van der Waals surface area contributed by atoms with Gasteiger partial charge in [-0.2, -0.15) is 0 Å². The fourth-order valence-electron chi connectivity index (χ4n) is 5.49.